The van der Waals surface area contributed by atoms with Crippen LogP contribution in [0.4, 0.5) is 0 Å². The first-order valence-corrected chi connectivity index (χ1v) is 6.06. The van der Waals surface area contributed by atoms with Gasteiger partial charge in [0.2, 0.25) is 0 Å². The standard InChI is InChI=1S/C13H23O/c1-3-4-5-7-12-8-6-9-13(12)10-11(2)14/h8,12-13H,3-7,9-10H2,1-2H3. The second kappa shape index (κ2) is 6.21. The van der Waals surface area contributed by atoms with Crippen LogP contribution in [0.15, 0.2) is 0 Å². The van der Waals surface area contributed by atoms with Gasteiger partial charge in [-0.25, -0.2) is 0 Å². The summed E-state index contributed by atoms with van der Waals surface area (Å²) in [4.78, 5) is 11.1. The molecule has 1 aliphatic carbocycles. The van der Waals surface area contributed by atoms with Gasteiger partial charge in [-0.3, -0.25) is 0 Å². The van der Waals surface area contributed by atoms with E-state index < -0.39 is 0 Å². The maximum absolute atomic E-state index is 11.1. The van der Waals surface area contributed by atoms with E-state index in [-0.39, 0.29) is 0 Å². The first-order chi connectivity index (χ1) is 6.74. The van der Waals surface area contributed by atoms with Crippen molar-refractivity contribution < 1.29 is 4.79 Å². The number of unbranched alkanes of at least 4 members (excludes halogenated alkanes) is 2. The van der Waals surface area contributed by atoms with Crippen LogP contribution in [-0.4, -0.2) is 5.78 Å². The van der Waals surface area contributed by atoms with Crippen LogP contribution in [-0.2, 0) is 4.79 Å². The summed E-state index contributed by atoms with van der Waals surface area (Å²) < 4.78 is 0. The molecule has 1 aliphatic rings. The monoisotopic (exact) mass is 195 g/mol. The molecular formula is C13H23O. The molecule has 2 unspecified atom stereocenters. The maximum atomic E-state index is 11.1. The molecule has 1 rings (SSSR count). The Bertz CT molecular complexity index is 174. The Morgan fingerprint density at radius 3 is 2.86 bits per heavy atom. The maximum Gasteiger partial charge on any atom is 0.130 e. The molecule has 0 aliphatic heterocycles. The number of hydrogen-bond donors (Lipinski definition) is 0. The lowest BCUT2D eigenvalue weighted by Gasteiger charge is -2.17. The Labute approximate surface area is 88.3 Å². The number of Topliss-reactive ketones (excluding diaryl/α,β-unsaturated/α-hetero) is 1. The van der Waals surface area contributed by atoms with Crippen molar-refractivity contribution in [2.45, 2.75) is 58.8 Å². The van der Waals surface area contributed by atoms with Crippen molar-refractivity contribution in [1.82, 2.24) is 0 Å². The van der Waals surface area contributed by atoms with Crippen LogP contribution in [0, 0.1) is 18.3 Å². The summed E-state index contributed by atoms with van der Waals surface area (Å²) >= 11 is 0. The molecular weight excluding hydrogens is 172 g/mol. The van der Waals surface area contributed by atoms with Gasteiger partial charge in [-0.05, 0) is 44.4 Å². The van der Waals surface area contributed by atoms with Gasteiger partial charge in [-0.2, -0.15) is 0 Å². The van der Waals surface area contributed by atoms with Crippen molar-refractivity contribution in [3.8, 4) is 0 Å². The molecule has 0 bridgehead atoms. The predicted molar refractivity (Wildman–Crippen MR) is 60.0 cm³/mol. The minimum atomic E-state index is 0.366. The van der Waals surface area contributed by atoms with Crippen molar-refractivity contribution in [2.75, 3.05) is 0 Å². The Kier molecular flexibility index (Phi) is 5.21. The van der Waals surface area contributed by atoms with Gasteiger partial charge in [-0.1, -0.05) is 26.2 Å². The van der Waals surface area contributed by atoms with Crippen LogP contribution in [0.3, 0.4) is 0 Å². The van der Waals surface area contributed by atoms with E-state index in [1.165, 1.54) is 38.5 Å². The first kappa shape index (κ1) is 11.7. The number of ketones is 1. The molecule has 0 N–H and O–H groups in total. The quantitative estimate of drug-likeness (QED) is 0.589. The molecule has 1 nitrogen and oxygen atoms in total. The Hall–Kier alpha value is -0.330. The van der Waals surface area contributed by atoms with Crippen LogP contribution < -0.4 is 0 Å². The summed E-state index contributed by atoms with van der Waals surface area (Å²) in [5.41, 5.74) is 0. The second-order valence-corrected chi connectivity index (χ2v) is 4.64. The fraction of sp³-hybridized carbons (Fsp3) is 0.846. The van der Waals surface area contributed by atoms with E-state index in [1.54, 1.807) is 6.92 Å². The normalized spacial score (nSPS) is 26.7. The highest BCUT2D eigenvalue weighted by atomic mass is 16.1. The molecule has 0 heterocycles. The SMILES string of the molecule is CCCCCC1[CH]CCC1CC(C)=O. The van der Waals surface area contributed by atoms with Gasteiger partial charge in [0, 0.05) is 6.42 Å². The van der Waals surface area contributed by atoms with Crippen LogP contribution in [0.2, 0.25) is 0 Å². The van der Waals surface area contributed by atoms with Crippen molar-refractivity contribution in [3.63, 3.8) is 0 Å². The van der Waals surface area contributed by atoms with E-state index in [0.717, 1.165) is 12.3 Å². The molecule has 1 fully saturated rings. The predicted octanol–water partition coefficient (Wildman–Crippen LogP) is 3.78. The lowest BCUT2D eigenvalue weighted by Crippen LogP contribution is -2.11. The summed E-state index contributed by atoms with van der Waals surface area (Å²) in [5.74, 6) is 1.78. The summed E-state index contributed by atoms with van der Waals surface area (Å²) in [5, 5.41) is 0. The van der Waals surface area contributed by atoms with Crippen LogP contribution in [0.25, 0.3) is 0 Å². The average molecular weight is 195 g/mol. The van der Waals surface area contributed by atoms with Gasteiger partial charge in [0.25, 0.3) is 0 Å². The molecule has 14 heavy (non-hydrogen) atoms. The van der Waals surface area contributed by atoms with Gasteiger partial charge < -0.3 is 4.79 Å². The van der Waals surface area contributed by atoms with E-state index in [2.05, 4.69) is 13.3 Å². The molecule has 1 radical (unpaired) electrons. The minimum Gasteiger partial charge on any atom is -0.300 e. The topological polar surface area (TPSA) is 17.1 Å². The molecule has 0 saturated heterocycles. The van der Waals surface area contributed by atoms with Crippen LogP contribution >= 0.6 is 0 Å². The highest BCUT2D eigenvalue weighted by Crippen LogP contribution is 2.36. The van der Waals surface area contributed by atoms with Gasteiger partial charge in [0.15, 0.2) is 0 Å². The number of hydrogen-bond acceptors (Lipinski definition) is 1. The molecule has 0 aromatic carbocycles. The molecule has 0 aromatic heterocycles. The molecule has 81 valence electrons. The van der Waals surface area contributed by atoms with Gasteiger partial charge >= 0.3 is 0 Å². The third kappa shape index (κ3) is 3.81. The zero-order valence-corrected chi connectivity index (χ0v) is 9.59. The smallest absolute Gasteiger partial charge is 0.130 e. The minimum absolute atomic E-state index is 0.366. The number of carbonyl (C=O) groups excluding carboxylic acids is 1. The molecule has 0 amide bonds. The van der Waals surface area contributed by atoms with Crippen molar-refractivity contribution >= 4 is 5.78 Å². The fourth-order valence-electron chi connectivity index (χ4n) is 2.54. The lowest BCUT2D eigenvalue weighted by atomic mass is 9.87. The fourth-order valence-corrected chi connectivity index (χ4v) is 2.54. The van der Waals surface area contributed by atoms with E-state index in [1.807, 2.05) is 0 Å². The van der Waals surface area contributed by atoms with E-state index in [9.17, 15) is 4.79 Å². The molecule has 1 heteroatoms. The Morgan fingerprint density at radius 1 is 1.43 bits per heavy atom. The van der Waals surface area contributed by atoms with Gasteiger partial charge in [-0.15, -0.1) is 0 Å². The van der Waals surface area contributed by atoms with Crippen molar-refractivity contribution in [1.29, 1.82) is 0 Å². The number of carbonyl (C=O) groups is 1. The first-order valence-electron chi connectivity index (χ1n) is 6.06. The molecule has 0 spiro atoms. The number of rotatable bonds is 6. The molecule has 2 atom stereocenters. The van der Waals surface area contributed by atoms with Gasteiger partial charge in [0.1, 0.15) is 5.78 Å². The Balaban J connectivity index is 2.24. The molecule has 1 saturated carbocycles. The Morgan fingerprint density at radius 2 is 2.21 bits per heavy atom. The van der Waals surface area contributed by atoms with Crippen LogP contribution in [0.1, 0.15) is 58.8 Å². The third-order valence-electron chi connectivity index (χ3n) is 3.30. The lowest BCUT2D eigenvalue weighted by molar-refractivity contribution is -0.118. The van der Waals surface area contributed by atoms with E-state index in [0.29, 0.717) is 11.7 Å². The highest BCUT2D eigenvalue weighted by molar-refractivity contribution is 5.75. The second-order valence-electron chi connectivity index (χ2n) is 4.64. The van der Waals surface area contributed by atoms with Crippen LogP contribution in [0.5, 0.6) is 0 Å². The average Bonchev–Trinajstić information content (AvgIpc) is 2.52. The van der Waals surface area contributed by atoms with E-state index in [4.69, 9.17) is 0 Å². The zero-order chi connectivity index (χ0) is 10.4. The summed E-state index contributed by atoms with van der Waals surface area (Å²) in [7, 11) is 0. The summed E-state index contributed by atoms with van der Waals surface area (Å²) in [6.07, 6.45) is 11.0. The summed E-state index contributed by atoms with van der Waals surface area (Å²) in [6.45, 7) is 3.97. The molecule has 0 aromatic rings. The summed E-state index contributed by atoms with van der Waals surface area (Å²) in [6, 6.07) is 0. The zero-order valence-electron chi connectivity index (χ0n) is 9.59. The largest absolute Gasteiger partial charge is 0.300 e. The highest BCUT2D eigenvalue weighted by Gasteiger charge is 2.27. The van der Waals surface area contributed by atoms with Gasteiger partial charge in [0.05, 0.1) is 0 Å². The van der Waals surface area contributed by atoms with Crippen molar-refractivity contribution in [2.24, 2.45) is 11.8 Å². The van der Waals surface area contributed by atoms with E-state index >= 15 is 0 Å². The third-order valence-corrected chi connectivity index (χ3v) is 3.30. The van der Waals surface area contributed by atoms with Crippen molar-refractivity contribution in [3.05, 3.63) is 6.42 Å².